The molecule has 1 aliphatic rings. The van der Waals surface area contributed by atoms with Gasteiger partial charge in [0.2, 0.25) is 0 Å². The summed E-state index contributed by atoms with van der Waals surface area (Å²) in [6.07, 6.45) is 1.09. The molecule has 2 aromatic rings. The highest BCUT2D eigenvalue weighted by Crippen LogP contribution is 2.28. The first-order valence-corrected chi connectivity index (χ1v) is 8.62. The standard InChI is InChI=1S/C21H28N2/c1-15-4-7-18(8-5-15)20-11-21(22)14-23(13-20)12-19-9-6-16(2)10-17(19)3/h4-10,20-21H,11-14,22H2,1-3H3. The second-order valence-electron chi connectivity index (χ2n) is 7.23. The maximum Gasteiger partial charge on any atom is 0.0237 e. The van der Waals surface area contributed by atoms with Crippen LogP contribution in [0.1, 0.15) is 40.2 Å². The fraction of sp³-hybridized carbons (Fsp3) is 0.429. The summed E-state index contributed by atoms with van der Waals surface area (Å²) in [7, 11) is 0. The number of benzene rings is 2. The molecule has 2 N–H and O–H groups in total. The van der Waals surface area contributed by atoms with Crippen molar-refractivity contribution in [2.75, 3.05) is 13.1 Å². The van der Waals surface area contributed by atoms with Crippen LogP contribution in [-0.2, 0) is 6.54 Å². The Hall–Kier alpha value is -1.64. The maximum atomic E-state index is 6.36. The first-order chi connectivity index (χ1) is 11.0. The highest BCUT2D eigenvalue weighted by molar-refractivity contribution is 5.31. The molecule has 2 atom stereocenters. The van der Waals surface area contributed by atoms with Gasteiger partial charge in [0.05, 0.1) is 0 Å². The van der Waals surface area contributed by atoms with E-state index in [1.54, 1.807) is 0 Å². The number of rotatable bonds is 3. The zero-order chi connectivity index (χ0) is 16.4. The molecule has 1 heterocycles. The molecule has 1 aliphatic heterocycles. The van der Waals surface area contributed by atoms with E-state index in [9.17, 15) is 0 Å². The molecule has 2 aromatic carbocycles. The van der Waals surface area contributed by atoms with Gasteiger partial charge in [-0.05, 0) is 49.8 Å². The Bertz CT molecular complexity index is 660. The van der Waals surface area contributed by atoms with Gasteiger partial charge in [0, 0.05) is 25.7 Å². The van der Waals surface area contributed by atoms with Crippen LogP contribution in [0.25, 0.3) is 0 Å². The summed E-state index contributed by atoms with van der Waals surface area (Å²) < 4.78 is 0. The Kier molecular flexibility index (Phi) is 4.84. The average molecular weight is 308 g/mol. The summed E-state index contributed by atoms with van der Waals surface area (Å²) in [6.45, 7) is 9.61. The van der Waals surface area contributed by atoms with Gasteiger partial charge >= 0.3 is 0 Å². The highest BCUT2D eigenvalue weighted by atomic mass is 15.1. The summed E-state index contributed by atoms with van der Waals surface area (Å²) in [5.41, 5.74) is 13.2. The van der Waals surface area contributed by atoms with E-state index in [4.69, 9.17) is 5.73 Å². The fourth-order valence-corrected chi connectivity index (χ4v) is 3.71. The minimum absolute atomic E-state index is 0.265. The Morgan fingerprint density at radius 3 is 2.35 bits per heavy atom. The van der Waals surface area contributed by atoms with Crippen molar-refractivity contribution in [3.63, 3.8) is 0 Å². The molecule has 0 aliphatic carbocycles. The Morgan fingerprint density at radius 1 is 0.957 bits per heavy atom. The van der Waals surface area contributed by atoms with Crippen molar-refractivity contribution in [2.45, 2.75) is 45.7 Å². The van der Waals surface area contributed by atoms with E-state index in [1.165, 1.54) is 27.8 Å². The van der Waals surface area contributed by atoms with Crippen LogP contribution in [0.3, 0.4) is 0 Å². The lowest BCUT2D eigenvalue weighted by molar-refractivity contribution is 0.181. The van der Waals surface area contributed by atoms with Crippen molar-refractivity contribution < 1.29 is 0 Å². The van der Waals surface area contributed by atoms with Gasteiger partial charge in [-0.1, -0.05) is 53.6 Å². The van der Waals surface area contributed by atoms with Crippen molar-refractivity contribution in [1.82, 2.24) is 4.90 Å². The SMILES string of the molecule is Cc1ccc(C2CC(N)CN(Cc3ccc(C)cc3C)C2)cc1. The van der Waals surface area contributed by atoms with Crippen LogP contribution in [0.5, 0.6) is 0 Å². The number of nitrogens with two attached hydrogens (primary N) is 1. The third-order valence-corrected chi connectivity index (χ3v) is 5.00. The molecule has 2 nitrogen and oxygen atoms in total. The molecule has 1 saturated heterocycles. The summed E-state index contributed by atoms with van der Waals surface area (Å²) in [6, 6.07) is 16.0. The molecule has 0 amide bonds. The average Bonchev–Trinajstić information content (AvgIpc) is 2.50. The number of likely N-dealkylation sites (tertiary alicyclic amines) is 1. The Morgan fingerprint density at radius 2 is 1.65 bits per heavy atom. The van der Waals surface area contributed by atoms with E-state index in [0.29, 0.717) is 5.92 Å². The van der Waals surface area contributed by atoms with E-state index >= 15 is 0 Å². The van der Waals surface area contributed by atoms with Crippen LogP contribution in [0.4, 0.5) is 0 Å². The lowest BCUT2D eigenvalue weighted by Gasteiger charge is -2.37. The van der Waals surface area contributed by atoms with Crippen LogP contribution in [0, 0.1) is 20.8 Å². The predicted molar refractivity (Wildman–Crippen MR) is 97.7 cm³/mol. The number of aryl methyl sites for hydroxylation is 3. The first-order valence-electron chi connectivity index (χ1n) is 8.62. The monoisotopic (exact) mass is 308 g/mol. The predicted octanol–water partition coefficient (Wildman–Crippen LogP) is 3.93. The fourth-order valence-electron chi connectivity index (χ4n) is 3.71. The van der Waals surface area contributed by atoms with E-state index in [2.05, 4.69) is 68.1 Å². The van der Waals surface area contributed by atoms with Crippen molar-refractivity contribution in [3.8, 4) is 0 Å². The molecule has 0 bridgehead atoms. The van der Waals surface area contributed by atoms with E-state index < -0.39 is 0 Å². The minimum atomic E-state index is 0.265. The second kappa shape index (κ2) is 6.86. The van der Waals surface area contributed by atoms with Crippen molar-refractivity contribution in [2.24, 2.45) is 5.73 Å². The van der Waals surface area contributed by atoms with Gasteiger partial charge in [0.25, 0.3) is 0 Å². The molecule has 1 fully saturated rings. The van der Waals surface area contributed by atoms with E-state index in [0.717, 1.165) is 26.1 Å². The summed E-state index contributed by atoms with van der Waals surface area (Å²) >= 11 is 0. The molecule has 122 valence electrons. The molecular weight excluding hydrogens is 280 g/mol. The summed E-state index contributed by atoms with van der Waals surface area (Å²) in [5, 5.41) is 0. The maximum absolute atomic E-state index is 6.36. The minimum Gasteiger partial charge on any atom is -0.327 e. The molecule has 3 rings (SSSR count). The van der Waals surface area contributed by atoms with Crippen LogP contribution >= 0.6 is 0 Å². The highest BCUT2D eigenvalue weighted by Gasteiger charge is 2.26. The molecule has 23 heavy (non-hydrogen) atoms. The summed E-state index contributed by atoms with van der Waals surface area (Å²) in [4.78, 5) is 2.52. The number of nitrogens with zero attached hydrogens (tertiary/aromatic N) is 1. The zero-order valence-corrected chi connectivity index (χ0v) is 14.5. The molecule has 2 heteroatoms. The van der Waals surface area contributed by atoms with Gasteiger partial charge in [0.1, 0.15) is 0 Å². The van der Waals surface area contributed by atoms with Crippen LogP contribution in [-0.4, -0.2) is 24.0 Å². The summed E-state index contributed by atoms with van der Waals surface area (Å²) in [5.74, 6) is 0.546. The van der Waals surface area contributed by atoms with Gasteiger partial charge in [-0.25, -0.2) is 0 Å². The Balaban J connectivity index is 1.74. The van der Waals surface area contributed by atoms with Crippen molar-refractivity contribution in [3.05, 3.63) is 70.3 Å². The molecular formula is C21H28N2. The number of hydrogen-bond donors (Lipinski definition) is 1. The van der Waals surface area contributed by atoms with Gasteiger partial charge in [0.15, 0.2) is 0 Å². The van der Waals surface area contributed by atoms with Gasteiger partial charge in [-0.15, -0.1) is 0 Å². The molecule has 0 saturated carbocycles. The van der Waals surface area contributed by atoms with E-state index in [-0.39, 0.29) is 6.04 Å². The van der Waals surface area contributed by atoms with Gasteiger partial charge < -0.3 is 5.73 Å². The lowest BCUT2D eigenvalue weighted by Crippen LogP contribution is -2.45. The third-order valence-electron chi connectivity index (χ3n) is 5.00. The molecule has 0 radical (unpaired) electrons. The first kappa shape index (κ1) is 16.2. The third kappa shape index (κ3) is 4.01. The van der Waals surface area contributed by atoms with Crippen LogP contribution in [0.2, 0.25) is 0 Å². The molecule has 0 aromatic heterocycles. The second-order valence-corrected chi connectivity index (χ2v) is 7.23. The number of hydrogen-bond acceptors (Lipinski definition) is 2. The van der Waals surface area contributed by atoms with Crippen LogP contribution < -0.4 is 5.73 Å². The number of piperidine rings is 1. The quantitative estimate of drug-likeness (QED) is 0.931. The van der Waals surface area contributed by atoms with Gasteiger partial charge in [-0.3, -0.25) is 4.90 Å². The van der Waals surface area contributed by atoms with Crippen molar-refractivity contribution >= 4 is 0 Å². The topological polar surface area (TPSA) is 29.3 Å². The zero-order valence-electron chi connectivity index (χ0n) is 14.5. The Labute approximate surface area is 140 Å². The molecule has 0 spiro atoms. The van der Waals surface area contributed by atoms with Crippen LogP contribution in [0.15, 0.2) is 42.5 Å². The lowest BCUT2D eigenvalue weighted by atomic mass is 9.87. The van der Waals surface area contributed by atoms with Crippen molar-refractivity contribution in [1.29, 1.82) is 0 Å². The van der Waals surface area contributed by atoms with Gasteiger partial charge in [-0.2, -0.15) is 0 Å². The normalized spacial score (nSPS) is 22.3. The van der Waals surface area contributed by atoms with E-state index in [1.807, 2.05) is 0 Å². The molecule has 2 unspecified atom stereocenters. The smallest absolute Gasteiger partial charge is 0.0237 e. The largest absolute Gasteiger partial charge is 0.327 e.